The summed E-state index contributed by atoms with van der Waals surface area (Å²) in [5.74, 6) is 2.06. The van der Waals surface area contributed by atoms with Crippen molar-refractivity contribution in [3.05, 3.63) is 59.8 Å². The molecule has 3 heterocycles. The van der Waals surface area contributed by atoms with Gasteiger partial charge in [-0.3, -0.25) is 0 Å². The van der Waals surface area contributed by atoms with Gasteiger partial charge < -0.3 is 24.7 Å². The normalized spacial score (nSPS) is 16.9. The first-order chi connectivity index (χ1) is 15.5. The highest BCUT2D eigenvalue weighted by Gasteiger charge is 2.28. The number of para-hydroxylation sites is 1. The lowest BCUT2D eigenvalue weighted by Crippen LogP contribution is -2.47. The molecule has 5 rings (SSSR count). The molecule has 1 fully saturated rings. The molecule has 2 N–H and O–H groups in total. The van der Waals surface area contributed by atoms with Crippen molar-refractivity contribution in [2.24, 2.45) is 0 Å². The van der Waals surface area contributed by atoms with Crippen LogP contribution in [0.2, 0.25) is 0 Å². The number of fused-ring (bicyclic) bond motifs is 2. The predicted octanol–water partition coefficient (Wildman–Crippen LogP) is 4.81. The summed E-state index contributed by atoms with van der Waals surface area (Å²) < 4.78 is 11.3. The van der Waals surface area contributed by atoms with Gasteiger partial charge in [-0.05, 0) is 48.1 Å². The van der Waals surface area contributed by atoms with Crippen LogP contribution in [0, 0.1) is 0 Å². The van der Waals surface area contributed by atoms with E-state index in [1.165, 1.54) is 16.5 Å². The van der Waals surface area contributed by atoms with Gasteiger partial charge >= 0.3 is 6.03 Å². The number of hydrogen-bond donors (Lipinski definition) is 2. The summed E-state index contributed by atoms with van der Waals surface area (Å²) in [6, 6.07) is 14.5. The molecule has 168 valence electrons. The summed E-state index contributed by atoms with van der Waals surface area (Å²) in [4.78, 5) is 18.2. The summed E-state index contributed by atoms with van der Waals surface area (Å²) in [7, 11) is 0. The number of nitrogens with one attached hydrogen (secondary N) is 2. The van der Waals surface area contributed by atoms with Crippen LogP contribution < -0.4 is 14.8 Å². The van der Waals surface area contributed by atoms with Gasteiger partial charge in [0.25, 0.3) is 0 Å². The van der Waals surface area contributed by atoms with Crippen molar-refractivity contribution in [2.75, 3.05) is 32.8 Å². The fourth-order valence-corrected chi connectivity index (χ4v) is 4.80. The SMILES string of the molecule is CC(C)(CNC(=O)N1CCC(c2c[nH]c3ccccc23)CC1)c1ccc2c(c1)OCCO2. The summed E-state index contributed by atoms with van der Waals surface area (Å²) in [6.45, 7) is 7.56. The lowest BCUT2D eigenvalue weighted by atomic mass is 9.84. The van der Waals surface area contributed by atoms with Crippen LogP contribution in [0.5, 0.6) is 11.5 Å². The van der Waals surface area contributed by atoms with Gasteiger partial charge in [-0.2, -0.15) is 0 Å². The van der Waals surface area contributed by atoms with Crippen molar-refractivity contribution in [1.82, 2.24) is 15.2 Å². The smallest absolute Gasteiger partial charge is 0.317 e. The molecule has 0 bridgehead atoms. The zero-order valence-corrected chi connectivity index (χ0v) is 18.8. The third kappa shape index (κ3) is 4.01. The van der Waals surface area contributed by atoms with Crippen molar-refractivity contribution in [3.8, 4) is 11.5 Å². The van der Waals surface area contributed by atoms with E-state index in [4.69, 9.17) is 9.47 Å². The second-order valence-electron chi connectivity index (χ2n) is 9.45. The maximum Gasteiger partial charge on any atom is 0.317 e. The Hall–Kier alpha value is -3.15. The maximum atomic E-state index is 12.9. The molecule has 0 atom stereocenters. The van der Waals surface area contributed by atoms with Crippen LogP contribution in [-0.4, -0.2) is 48.8 Å². The molecule has 0 spiro atoms. The van der Waals surface area contributed by atoms with Gasteiger partial charge in [0.05, 0.1) is 0 Å². The number of aromatic amines is 1. The average Bonchev–Trinajstić information content (AvgIpc) is 3.26. The molecule has 6 heteroatoms. The standard InChI is InChI=1S/C26H31N3O3/c1-26(2,19-7-8-23-24(15-19)32-14-13-31-23)17-28-25(30)29-11-9-18(10-12-29)21-16-27-22-6-4-3-5-20(21)22/h3-8,15-16,18,27H,9-14,17H2,1-2H3,(H,28,30). The van der Waals surface area contributed by atoms with Crippen molar-refractivity contribution in [3.63, 3.8) is 0 Å². The van der Waals surface area contributed by atoms with E-state index in [-0.39, 0.29) is 11.4 Å². The summed E-state index contributed by atoms with van der Waals surface area (Å²) >= 11 is 0. The Balaban J connectivity index is 1.17. The van der Waals surface area contributed by atoms with E-state index in [0.717, 1.165) is 43.0 Å². The van der Waals surface area contributed by atoms with E-state index in [9.17, 15) is 4.79 Å². The number of amides is 2. The van der Waals surface area contributed by atoms with Crippen LogP contribution in [0.1, 0.15) is 43.7 Å². The van der Waals surface area contributed by atoms with Crippen molar-refractivity contribution in [1.29, 1.82) is 0 Å². The highest BCUT2D eigenvalue weighted by molar-refractivity contribution is 5.83. The highest BCUT2D eigenvalue weighted by Crippen LogP contribution is 2.35. The third-order valence-corrected chi connectivity index (χ3v) is 6.85. The molecule has 2 aliphatic rings. The number of carbonyl (C=O) groups is 1. The van der Waals surface area contributed by atoms with E-state index in [1.807, 2.05) is 17.0 Å². The number of hydrogen-bond acceptors (Lipinski definition) is 3. The number of rotatable bonds is 4. The Morgan fingerprint density at radius 3 is 2.66 bits per heavy atom. The monoisotopic (exact) mass is 433 g/mol. The van der Waals surface area contributed by atoms with Crippen molar-refractivity contribution in [2.45, 2.75) is 38.0 Å². The number of nitrogens with zero attached hydrogens (tertiary/aromatic N) is 1. The lowest BCUT2D eigenvalue weighted by molar-refractivity contribution is 0.171. The van der Waals surface area contributed by atoms with Crippen LogP contribution in [0.25, 0.3) is 10.9 Å². The van der Waals surface area contributed by atoms with Crippen molar-refractivity contribution < 1.29 is 14.3 Å². The van der Waals surface area contributed by atoms with E-state index >= 15 is 0 Å². The molecule has 2 amide bonds. The average molecular weight is 434 g/mol. The molecule has 6 nitrogen and oxygen atoms in total. The van der Waals surface area contributed by atoms with E-state index in [1.54, 1.807) is 0 Å². The number of urea groups is 1. The highest BCUT2D eigenvalue weighted by atomic mass is 16.6. The zero-order valence-electron chi connectivity index (χ0n) is 18.8. The van der Waals surface area contributed by atoms with E-state index in [0.29, 0.717) is 25.7 Å². The molecule has 0 aliphatic carbocycles. The van der Waals surface area contributed by atoms with Gasteiger partial charge in [0.2, 0.25) is 0 Å². The van der Waals surface area contributed by atoms with Gasteiger partial charge in [-0.1, -0.05) is 38.1 Å². The van der Waals surface area contributed by atoms with Crippen LogP contribution >= 0.6 is 0 Å². The third-order valence-electron chi connectivity index (χ3n) is 6.85. The van der Waals surface area contributed by atoms with E-state index < -0.39 is 0 Å². The van der Waals surface area contributed by atoms with Gasteiger partial charge in [0.15, 0.2) is 11.5 Å². The first-order valence-corrected chi connectivity index (χ1v) is 11.5. The van der Waals surface area contributed by atoms with Crippen LogP contribution in [0.4, 0.5) is 4.79 Å². The number of H-pyrrole nitrogens is 1. The Labute approximate surface area is 188 Å². The molecule has 2 aromatic carbocycles. The molecular weight excluding hydrogens is 402 g/mol. The Morgan fingerprint density at radius 1 is 1.09 bits per heavy atom. The molecule has 2 aliphatic heterocycles. The van der Waals surface area contributed by atoms with Gasteiger partial charge in [-0.15, -0.1) is 0 Å². The number of ether oxygens (including phenoxy) is 2. The first-order valence-electron chi connectivity index (χ1n) is 11.5. The maximum absolute atomic E-state index is 12.9. The van der Waals surface area contributed by atoms with Crippen molar-refractivity contribution >= 4 is 16.9 Å². The number of piperidine rings is 1. The van der Waals surface area contributed by atoms with Gasteiger partial charge in [0.1, 0.15) is 13.2 Å². The van der Waals surface area contributed by atoms with Gasteiger partial charge in [0, 0.05) is 42.1 Å². The predicted molar refractivity (Wildman–Crippen MR) is 126 cm³/mol. The Kier molecular flexibility index (Phi) is 5.45. The largest absolute Gasteiger partial charge is 0.486 e. The minimum absolute atomic E-state index is 0.0213. The number of aromatic nitrogens is 1. The number of likely N-dealkylation sites (tertiary alicyclic amines) is 1. The molecule has 1 saturated heterocycles. The molecule has 0 radical (unpaired) electrons. The molecule has 3 aromatic rings. The Morgan fingerprint density at radius 2 is 1.84 bits per heavy atom. The van der Waals surface area contributed by atoms with Crippen LogP contribution in [0.3, 0.4) is 0 Å². The summed E-state index contributed by atoms with van der Waals surface area (Å²) in [6.07, 6.45) is 4.11. The van der Waals surface area contributed by atoms with Gasteiger partial charge in [-0.25, -0.2) is 4.79 Å². The second-order valence-corrected chi connectivity index (χ2v) is 9.45. The zero-order chi connectivity index (χ0) is 22.1. The van der Waals surface area contributed by atoms with Crippen LogP contribution in [-0.2, 0) is 5.41 Å². The Bertz CT molecular complexity index is 1110. The summed E-state index contributed by atoms with van der Waals surface area (Å²) in [5.41, 5.74) is 3.47. The molecule has 32 heavy (non-hydrogen) atoms. The van der Waals surface area contributed by atoms with E-state index in [2.05, 4.69) is 60.7 Å². The fraction of sp³-hybridized carbons (Fsp3) is 0.423. The van der Waals surface area contributed by atoms with Crippen LogP contribution in [0.15, 0.2) is 48.7 Å². The molecule has 1 aromatic heterocycles. The topological polar surface area (TPSA) is 66.6 Å². The molecular formula is C26H31N3O3. The number of benzene rings is 2. The quantitative estimate of drug-likeness (QED) is 0.621. The first kappa shape index (κ1) is 20.7. The minimum atomic E-state index is -0.214. The fourth-order valence-electron chi connectivity index (χ4n) is 4.80. The molecule has 0 unspecified atom stereocenters. The summed E-state index contributed by atoms with van der Waals surface area (Å²) in [5, 5.41) is 4.46. The molecule has 0 saturated carbocycles. The minimum Gasteiger partial charge on any atom is -0.486 e. The second kappa shape index (κ2) is 8.41. The lowest BCUT2D eigenvalue weighted by Gasteiger charge is -2.34. The number of carbonyl (C=O) groups excluding carboxylic acids is 1.